The van der Waals surface area contributed by atoms with Crippen molar-refractivity contribution in [3.8, 4) is 0 Å². The lowest BCUT2D eigenvalue weighted by Gasteiger charge is -2.52. The lowest BCUT2D eigenvalue weighted by atomic mass is 9.57. The van der Waals surface area contributed by atoms with Gasteiger partial charge in [-0.15, -0.1) is 0 Å². The second-order valence-electron chi connectivity index (χ2n) is 4.42. The Labute approximate surface area is 69.8 Å². The molecule has 66 valence electrons. The maximum atomic E-state index is 10.0. The van der Waals surface area contributed by atoms with Crippen LogP contribution in [0.5, 0.6) is 0 Å². The maximum absolute atomic E-state index is 10.0. The first-order chi connectivity index (χ1) is 5.00. The lowest BCUT2D eigenvalue weighted by molar-refractivity contribution is -0.154. The first kappa shape index (κ1) is 9.05. The van der Waals surface area contributed by atoms with Gasteiger partial charge in [0.25, 0.3) is 0 Å². The zero-order valence-electron chi connectivity index (χ0n) is 8.09. The highest BCUT2D eigenvalue weighted by atomic mass is 16.3. The molecule has 0 amide bonds. The molecule has 1 saturated carbocycles. The topological polar surface area (TPSA) is 20.2 Å². The van der Waals surface area contributed by atoms with Crippen molar-refractivity contribution in [2.45, 2.75) is 46.1 Å². The molecule has 0 saturated heterocycles. The molecule has 0 spiro atoms. The summed E-state index contributed by atoms with van der Waals surface area (Å²) < 4.78 is 0. The molecule has 1 rings (SSSR count). The smallest absolute Gasteiger partial charge is 0.0678 e. The maximum Gasteiger partial charge on any atom is 0.0678 e. The van der Waals surface area contributed by atoms with E-state index in [9.17, 15) is 5.11 Å². The summed E-state index contributed by atoms with van der Waals surface area (Å²) in [7, 11) is 0. The van der Waals surface area contributed by atoms with E-state index in [4.69, 9.17) is 0 Å². The van der Waals surface area contributed by atoms with E-state index in [1.165, 1.54) is 6.42 Å². The van der Waals surface area contributed by atoms with Crippen molar-refractivity contribution >= 4 is 0 Å². The van der Waals surface area contributed by atoms with E-state index in [2.05, 4.69) is 20.8 Å². The molecule has 0 aromatic carbocycles. The van der Waals surface area contributed by atoms with E-state index in [0.717, 1.165) is 6.42 Å². The van der Waals surface area contributed by atoms with Gasteiger partial charge in [0.15, 0.2) is 0 Å². The molecule has 0 aromatic rings. The van der Waals surface area contributed by atoms with Gasteiger partial charge in [-0.3, -0.25) is 0 Å². The van der Waals surface area contributed by atoms with Crippen molar-refractivity contribution in [1.29, 1.82) is 0 Å². The van der Waals surface area contributed by atoms with E-state index < -0.39 is 0 Å². The van der Waals surface area contributed by atoms with Gasteiger partial charge in [-0.05, 0) is 31.1 Å². The van der Waals surface area contributed by atoms with E-state index in [-0.39, 0.29) is 5.60 Å². The molecule has 3 unspecified atom stereocenters. The monoisotopic (exact) mass is 156 g/mol. The van der Waals surface area contributed by atoms with Crippen LogP contribution in [0, 0.1) is 17.8 Å². The van der Waals surface area contributed by atoms with Gasteiger partial charge in [0.2, 0.25) is 0 Å². The van der Waals surface area contributed by atoms with E-state index in [1.54, 1.807) is 0 Å². The van der Waals surface area contributed by atoms with Crippen molar-refractivity contribution in [2.75, 3.05) is 0 Å². The molecule has 0 aliphatic heterocycles. The number of aliphatic hydroxyl groups is 1. The fourth-order valence-corrected chi connectivity index (χ4v) is 2.45. The minimum absolute atomic E-state index is 0.372. The van der Waals surface area contributed by atoms with Crippen LogP contribution in [0.15, 0.2) is 0 Å². The normalized spacial score (nSPS) is 44.2. The molecule has 1 fully saturated rings. The highest BCUT2D eigenvalue weighted by Crippen LogP contribution is 2.49. The number of hydrogen-bond acceptors (Lipinski definition) is 1. The Balaban J connectivity index is 2.54. The third-order valence-electron chi connectivity index (χ3n) is 3.41. The van der Waals surface area contributed by atoms with Crippen LogP contribution < -0.4 is 0 Å². The minimum atomic E-state index is -0.372. The van der Waals surface area contributed by atoms with Crippen LogP contribution in [0.4, 0.5) is 0 Å². The fourth-order valence-electron chi connectivity index (χ4n) is 2.45. The van der Waals surface area contributed by atoms with Crippen molar-refractivity contribution < 1.29 is 5.11 Å². The van der Waals surface area contributed by atoms with Gasteiger partial charge in [0.05, 0.1) is 5.60 Å². The third-order valence-corrected chi connectivity index (χ3v) is 3.41. The Bertz CT molecular complexity index is 138. The summed E-state index contributed by atoms with van der Waals surface area (Å²) >= 11 is 0. The van der Waals surface area contributed by atoms with Crippen LogP contribution in [0.2, 0.25) is 0 Å². The predicted molar refractivity (Wildman–Crippen MR) is 47.3 cm³/mol. The zero-order valence-corrected chi connectivity index (χ0v) is 8.09. The van der Waals surface area contributed by atoms with Gasteiger partial charge in [0, 0.05) is 0 Å². The SMILES string of the molecule is CCC1CC(C(C)C)C1(C)O. The molecule has 1 nitrogen and oxygen atoms in total. The Morgan fingerprint density at radius 1 is 1.55 bits per heavy atom. The van der Waals surface area contributed by atoms with Crippen molar-refractivity contribution in [2.24, 2.45) is 17.8 Å². The van der Waals surface area contributed by atoms with E-state index >= 15 is 0 Å². The average Bonchev–Trinajstić information content (AvgIpc) is 1.85. The third kappa shape index (κ3) is 1.31. The molecular weight excluding hydrogens is 136 g/mol. The van der Waals surface area contributed by atoms with Gasteiger partial charge in [-0.25, -0.2) is 0 Å². The van der Waals surface area contributed by atoms with Crippen LogP contribution in [-0.4, -0.2) is 10.7 Å². The van der Waals surface area contributed by atoms with E-state index in [1.807, 2.05) is 6.92 Å². The van der Waals surface area contributed by atoms with Crippen LogP contribution >= 0.6 is 0 Å². The summed E-state index contributed by atoms with van der Waals surface area (Å²) in [6, 6.07) is 0. The molecule has 3 atom stereocenters. The standard InChI is InChI=1S/C10H20O/c1-5-8-6-9(7(2)3)10(8,4)11/h7-9,11H,5-6H2,1-4H3. The van der Waals surface area contributed by atoms with Crippen LogP contribution in [0.1, 0.15) is 40.5 Å². The van der Waals surface area contributed by atoms with Gasteiger partial charge in [-0.1, -0.05) is 27.2 Å². The molecule has 1 aliphatic rings. The Kier molecular flexibility index (Phi) is 2.29. The molecule has 1 aliphatic carbocycles. The molecule has 1 heteroatoms. The summed E-state index contributed by atoms with van der Waals surface area (Å²) in [6.45, 7) is 8.56. The molecule has 0 heterocycles. The summed E-state index contributed by atoms with van der Waals surface area (Å²) in [4.78, 5) is 0. The van der Waals surface area contributed by atoms with Crippen molar-refractivity contribution in [1.82, 2.24) is 0 Å². The quantitative estimate of drug-likeness (QED) is 0.651. The van der Waals surface area contributed by atoms with Gasteiger partial charge in [0.1, 0.15) is 0 Å². The first-order valence-electron chi connectivity index (χ1n) is 4.72. The number of hydrogen-bond donors (Lipinski definition) is 1. The molecule has 0 bridgehead atoms. The van der Waals surface area contributed by atoms with Crippen LogP contribution in [-0.2, 0) is 0 Å². The highest BCUT2D eigenvalue weighted by molar-refractivity contribution is 5.00. The Morgan fingerprint density at radius 3 is 2.36 bits per heavy atom. The number of rotatable bonds is 2. The van der Waals surface area contributed by atoms with Gasteiger partial charge in [-0.2, -0.15) is 0 Å². The molecule has 1 N–H and O–H groups in total. The molecule has 0 aromatic heterocycles. The molecular formula is C10H20O. The summed E-state index contributed by atoms with van der Waals surface area (Å²) in [5.41, 5.74) is -0.372. The average molecular weight is 156 g/mol. The molecule has 11 heavy (non-hydrogen) atoms. The lowest BCUT2D eigenvalue weighted by Crippen LogP contribution is -2.55. The van der Waals surface area contributed by atoms with Crippen molar-refractivity contribution in [3.63, 3.8) is 0 Å². The van der Waals surface area contributed by atoms with Gasteiger partial charge < -0.3 is 5.11 Å². The summed E-state index contributed by atoms with van der Waals surface area (Å²) in [6.07, 6.45) is 2.34. The summed E-state index contributed by atoms with van der Waals surface area (Å²) in [5, 5.41) is 10.0. The highest BCUT2D eigenvalue weighted by Gasteiger charge is 2.49. The largest absolute Gasteiger partial charge is 0.390 e. The van der Waals surface area contributed by atoms with Crippen molar-refractivity contribution in [3.05, 3.63) is 0 Å². The second-order valence-corrected chi connectivity index (χ2v) is 4.42. The fraction of sp³-hybridized carbons (Fsp3) is 1.00. The minimum Gasteiger partial charge on any atom is -0.390 e. The van der Waals surface area contributed by atoms with Gasteiger partial charge >= 0.3 is 0 Å². The van der Waals surface area contributed by atoms with Crippen LogP contribution in [0.3, 0.4) is 0 Å². The Hall–Kier alpha value is -0.0400. The Morgan fingerprint density at radius 2 is 2.09 bits per heavy atom. The summed E-state index contributed by atoms with van der Waals surface area (Å²) in [5.74, 6) is 1.72. The first-order valence-corrected chi connectivity index (χ1v) is 4.72. The second kappa shape index (κ2) is 2.78. The zero-order chi connectivity index (χ0) is 8.65. The van der Waals surface area contributed by atoms with E-state index in [0.29, 0.717) is 17.8 Å². The molecule has 0 radical (unpaired) electrons. The predicted octanol–water partition coefficient (Wildman–Crippen LogP) is 2.44. The van der Waals surface area contributed by atoms with Crippen LogP contribution in [0.25, 0.3) is 0 Å².